The lowest BCUT2D eigenvalue weighted by molar-refractivity contribution is 0.0953. The fourth-order valence-electron chi connectivity index (χ4n) is 2.26. The van der Waals surface area contributed by atoms with Crippen LogP contribution in [0, 0.1) is 5.82 Å². The second kappa shape index (κ2) is 8.51. The summed E-state index contributed by atoms with van der Waals surface area (Å²) in [5, 5.41) is 2.88. The fourth-order valence-corrected chi connectivity index (χ4v) is 3.69. The first-order valence-corrected chi connectivity index (χ1v) is 9.91. The van der Waals surface area contributed by atoms with Crippen molar-refractivity contribution in [3.8, 4) is 0 Å². The minimum atomic E-state index is -3.93. The Morgan fingerprint density at radius 2 is 1.85 bits per heavy atom. The quantitative estimate of drug-likeness (QED) is 0.720. The second-order valence-corrected chi connectivity index (χ2v) is 8.08. The smallest absolute Gasteiger partial charge is 0.264 e. The number of nitrogens with one attached hydrogen (secondary N) is 1. The Morgan fingerprint density at radius 3 is 2.46 bits per heavy atom. The highest BCUT2D eigenvalue weighted by atomic mass is 35.5. The van der Waals surface area contributed by atoms with Crippen molar-refractivity contribution in [2.45, 2.75) is 24.7 Å². The molecule has 0 radical (unpaired) electrons. The van der Waals surface area contributed by atoms with Gasteiger partial charge in [0, 0.05) is 13.6 Å². The first-order valence-electron chi connectivity index (χ1n) is 8.09. The summed E-state index contributed by atoms with van der Waals surface area (Å²) < 4.78 is 39.7. The fraction of sp³-hybridized carbons (Fsp3) is 0.278. The lowest BCUT2D eigenvalue weighted by Crippen LogP contribution is -2.28. The SMILES string of the molecule is CCCCNC(=O)c1cc(S(=O)(=O)N(C)c2ccc(F)cc2)ccc1Cl. The van der Waals surface area contributed by atoms with E-state index >= 15 is 0 Å². The minimum Gasteiger partial charge on any atom is -0.352 e. The predicted molar refractivity (Wildman–Crippen MR) is 101 cm³/mol. The van der Waals surface area contributed by atoms with E-state index in [1.54, 1.807) is 0 Å². The summed E-state index contributed by atoms with van der Waals surface area (Å²) in [6.45, 7) is 2.48. The Balaban J connectivity index is 2.33. The highest BCUT2D eigenvalue weighted by Crippen LogP contribution is 2.26. The molecular weight excluding hydrogens is 379 g/mol. The van der Waals surface area contributed by atoms with Crippen molar-refractivity contribution in [3.05, 3.63) is 58.9 Å². The highest BCUT2D eigenvalue weighted by Gasteiger charge is 2.23. The maximum Gasteiger partial charge on any atom is 0.264 e. The van der Waals surface area contributed by atoms with Crippen molar-refractivity contribution >= 4 is 33.2 Å². The molecule has 0 fully saturated rings. The summed E-state index contributed by atoms with van der Waals surface area (Å²) in [6.07, 6.45) is 1.74. The topological polar surface area (TPSA) is 66.5 Å². The first kappa shape index (κ1) is 20.2. The monoisotopic (exact) mass is 398 g/mol. The van der Waals surface area contributed by atoms with Crippen molar-refractivity contribution in [2.75, 3.05) is 17.9 Å². The average Bonchev–Trinajstić information content (AvgIpc) is 2.62. The number of nitrogens with zero attached hydrogens (tertiary/aromatic N) is 1. The number of anilines is 1. The molecule has 2 aromatic carbocycles. The normalized spacial score (nSPS) is 11.2. The molecule has 140 valence electrons. The molecule has 0 atom stereocenters. The number of hydrogen-bond donors (Lipinski definition) is 1. The summed E-state index contributed by atoms with van der Waals surface area (Å²) in [6, 6.07) is 9.04. The second-order valence-electron chi connectivity index (χ2n) is 5.70. The number of sulfonamides is 1. The van der Waals surface area contributed by atoms with Crippen LogP contribution in [0.5, 0.6) is 0 Å². The number of hydrogen-bond acceptors (Lipinski definition) is 3. The van der Waals surface area contributed by atoms with Crippen molar-refractivity contribution in [1.29, 1.82) is 0 Å². The van der Waals surface area contributed by atoms with Gasteiger partial charge >= 0.3 is 0 Å². The predicted octanol–water partition coefficient (Wildman–Crippen LogP) is 3.83. The van der Waals surface area contributed by atoms with Crippen LogP contribution in [0.2, 0.25) is 5.02 Å². The molecule has 0 aliphatic carbocycles. The van der Waals surface area contributed by atoms with Crippen LogP contribution < -0.4 is 9.62 Å². The zero-order valence-corrected chi connectivity index (χ0v) is 16.1. The van der Waals surface area contributed by atoms with Crippen molar-refractivity contribution in [1.82, 2.24) is 5.32 Å². The van der Waals surface area contributed by atoms with Crippen LogP contribution in [-0.4, -0.2) is 27.9 Å². The molecule has 2 rings (SSSR count). The summed E-state index contributed by atoms with van der Waals surface area (Å²) in [4.78, 5) is 12.2. The Morgan fingerprint density at radius 1 is 1.19 bits per heavy atom. The summed E-state index contributed by atoms with van der Waals surface area (Å²) in [7, 11) is -2.57. The van der Waals surface area contributed by atoms with Crippen LogP contribution in [0.15, 0.2) is 47.4 Å². The van der Waals surface area contributed by atoms with E-state index in [2.05, 4.69) is 5.32 Å². The minimum absolute atomic E-state index is 0.0747. The van der Waals surface area contributed by atoms with E-state index in [1.807, 2.05) is 6.92 Å². The number of amides is 1. The van der Waals surface area contributed by atoms with E-state index in [9.17, 15) is 17.6 Å². The molecule has 0 aromatic heterocycles. The summed E-state index contributed by atoms with van der Waals surface area (Å²) in [5.41, 5.74) is 0.395. The van der Waals surface area contributed by atoms with Gasteiger partial charge in [0.05, 0.1) is 21.2 Å². The number of carbonyl (C=O) groups is 1. The van der Waals surface area contributed by atoms with E-state index in [0.29, 0.717) is 12.2 Å². The molecule has 5 nitrogen and oxygen atoms in total. The Kier molecular flexibility index (Phi) is 6.61. The van der Waals surface area contributed by atoms with Gasteiger partial charge in [0.15, 0.2) is 0 Å². The van der Waals surface area contributed by atoms with E-state index in [4.69, 9.17) is 11.6 Å². The maximum absolute atomic E-state index is 13.1. The van der Waals surface area contributed by atoms with Crippen LogP contribution in [0.4, 0.5) is 10.1 Å². The number of carbonyl (C=O) groups excluding carboxylic acids is 1. The molecule has 0 aliphatic rings. The van der Waals surface area contributed by atoms with Gasteiger partial charge in [-0.1, -0.05) is 24.9 Å². The molecular formula is C18H20ClFN2O3S. The molecule has 1 amide bonds. The highest BCUT2D eigenvalue weighted by molar-refractivity contribution is 7.92. The maximum atomic E-state index is 13.1. The summed E-state index contributed by atoms with van der Waals surface area (Å²) >= 11 is 6.06. The largest absolute Gasteiger partial charge is 0.352 e. The Labute approximate surface area is 157 Å². The number of halogens is 2. The van der Waals surface area contributed by atoms with Gasteiger partial charge in [-0.05, 0) is 48.9 Å². The van der Waals surface area contributed by atoms with Crippen molar-refractivity contribution in [2.24, 2.45) is 0 Å². The third-order valence-corrected chi connectivity index (χ3v) is 5.96. The molecule has 1 N–H and O–H groups in total. The third kappa shape index (κ3) is 4.53. The number of rotatable bonds is 7. The van der Waals surface area contributed by atoms with Gasteiger partial charge in [-0.3, -0.25) is 9.10 Å². The third-order valence-electron chi connectivity index (χ3n) is 3.85. The number of unbranched alkanes of at least 4 members (excludes halogenated alkanes) is 1. The first-order chi connectivity index (χ1) is 12.3. The average molecular weight is 399 g/mol. The van der Waals surface area contributed by atoms with Gasteiger partial charge < -0.3 is 5.32 Å². The number of benzene rings is 2. The van der Waals surface area contributed by atoms with E-state index in [-0.39, 0.29) is 15.5 Å². The van der Waals surface area contributed by atoms with E-state index < -0.39 is 21.7 Å². The van der Waals surface area contributed by atoms with E-state index in [1.165, 1.54) is 49.5 Å². The standard InChI is InChI=1S/C18H20ClFN2O3S/c1-3-4-11-21-18(23)16-12-15(9-10-17(16)19)26(24,25)22(2)14-7-5-13(20)6-8-14/h5-10,12H,3-4,11H2,1-2H3,(H,21,23). The zero-order chi connectivity index (χ0) is 19.3. The molecule has 8 heteroatoms. The molecule has 0 aliphatic heterocycles. The molecule has 0 saturated heterocycles. The lowest BCUT2D eigenvalue weighted by atomic mass is 10.2. The van der Waals surface area contributed by atoms with Gasteiger partial charge in [0.1, 0.15) is 5.82 Å². The van der Waals surface area contributed by atoms with Crippen molar-refractivity contribution < 1.29 is 17.6 Å². The van der Waals surface area contributed by atoms with Crippen LogP contribution in [0.25, 0.3) is 0 Å². The van der Waals surface area contributed by atoms with Gasteiger partial charge in [-0.15, -0.1) is 0 Å². The zero-order valence-electron chi connectivity index (χ0n) is 14.5. The van der Waals surface area contributed by atoms with Gasteiger partial charge in [-0.25, -0.2) is 12.8 Å². The molecule has 0 unspecified atom stereocenters. The van der Waals surface area contributed by atoms with Gasteiger partial charge in [0.2, 0.25) is 0 Å². The lowest BCUT2D eigenvalue weighted by Gasteiger charge is -2.20. The van der Waals surface area contributed by atoms with Crippen LogP contribution in [-0.2, 0) is 10.0 Å². The van der Waals surface area contributed by atoms with E-state index in [0.717, 1.165) is 17.1 Å². The van der Waals surface area contributed by atoms with Gasteiger partial charge in [0.25, 0.3) is 15.9 Å². The molecule has 0 saturated carbocycles. The Hall–Kier alpha value is -2.12. The molecule has 0 bridgehead atoms. The molecule has 26 heavy (non-hydrogen) atoms. The summed E-state index contributed by atoms with van der Waals surface area (Å²) in [5.74, 6) is -0.887. The van der Waals surface area contributed by atoms with Gasteiger partial charge in [-0.2, -0.15) is 0 Å². The molecule has 0 heterocycles. The van der Waals surface area contributed by atoms with Crippen LogP contribution in [0.3, 0.4) is 0 Å². The molecule has 0 spiro atoms. The van der Waals surface area contributed by atoms with Crippen LogP contribution in [0.1, 0.15) is 30.1 Å². The van der Waals surface area contributed by atoms with Crippen molar-refractivity contribution in [3.63, 3.8) is 0 Å². The Bertz CT molecular complexity index is 886. The van der Waals surface area contributed by atoms with Crippen LogP contribution >= 0.6 is 11.6 Å². The molecule has 2 aromatic rings.